The average Bonchev–Trinajstić information content (AvgIpc) is 3.39. The number of carbonyl (C=O) groups excluding carboxylic acids is 1. The number of benzene rings is 3. The zero-order valence-electron chi connectivity index (χ0n) is 19.5. The van der Waals surface area contributed by atoms with Crippen LogP contribution in [-0.2, 0) is 17.2 Å². The van der Waals surface area contributed by atoms with E-state index < -0.39 is 0 Å². The highest BCUT2D eigenvalue weighted by atomic mass is 32.2. The Labute approximate surface area is 222 Å². The van der Waals surface area contributed by atoms with E-state index in [4.69, 9.17) is 9.47 Å². The predicted octanol–water partition coefficient (Wildman–Crippen LogP) is 5.66. The molecule has 1 heterocycles. The lowest BCUT2D eigenvalue weighted by molar-refractivity contribution is -0.118. The molecule has 0 saturated heterocycles. The van der Waals surface area contributed by atoms with Gasteiger partial charge in [0.15, 0.2) is 20.2 Å². The van der Waals surface area contributed by atoms with Crippen LogP contribution >= 0.6 is 34.9 Å². The zero-order chi connectivity index (χ0) is 25.0. The quantitative estimate of drug-likeness (QED) is 0.142. The van der Waals surface area contributed by atoms with Gasteiger partial charge in [-0.1, -0.05) is 95.5 Å². The Morgan fingerprint density at radius 1 is 0.944 bits per heavy atom. The summed E-state index contributed by atoms with van der Waals surface area (Å²) in [7, 11) is 1.59. The third-order valence-corrected chi connectivity index (χ3v) is 8.01. The van der Waals surface area contributed by atoms with E-state index in [1.807, 2.05) is 60.7 Å². The Bertz CT molecular complexity index is 1280. The molecule has 4 rings (SSSR count). The highest BCUT2D eigenvalue weighted by Gasteiger charge is 2.09. The van der Waals surface area contributed by atoms with Crippen molar-refractivity contribution in [1.82, 2.24) is 15.6 Å². The number of thioether (sulfide) groups is 2. The van der Waals surface area contributed by atoms with Crippen molar-refractivity contribution in [3.05, 3.63) is 95.6 Å². The molecule has 0 unspecified atom stereocenters. The Hall–Kier alpha value is -3.34. The summed E-state index contributed by atoms with van der Waals surface area (Å²) < 4.78 is 12.9. The molecule has 0 aliphatic rings. The number of aromatic nitrogens is 2. The largest absolute Gasteiger partial charge is 0.493 e. The summed E-state index contributed by atoms with van der Waals surface area (Å²) in [6, 6.07) is 25.6. The lowest BCUT2D eigenvalue weighted by Crippen LogP contribution is -2.19. The molecule has 3 aromatic carbocycles. The number of hydrogen-bond acceptors (Lipinski definition) is 9. The predicted molar refractivity (Wildman–Crippen MR) is 146 cm³/mol. The van der Waals surface area contributed by atoms with Gasteiger partial charge in [-0.2, -0.15) is 5.10 Å². The van der Waals surface area contributed by atoms with Crippen LogP contribution in [0.2, 0.25) is 0 Å². The Kier molecular flexibility index (Phi) is 9.78. The fraction of sp³-hybridized carbons (Fsp3) is 0.154. The molecular weight excluding hydrogens is 513 g/mol. The number of nitrogens with one attached hydrogen (secondary N) is 1. The molecule has 0 radical (unpaired) electrons. The number of hydrazone groups is 1. The maximum Gasteiger partial charge on any atom is 0.250 e. The van der Waals surface area contributed by atoms with E-state index in [-0.39, 0.29) is 11.7 Å². The Morgan fingerprint density at radius 2 is 1.64 bits per heavy atom. The van der Waals surface area contributed by atoms with Gasteiger partial charge in [0.25, 0.3) is 5.91 Å². The second kappa shape index (κ2) is 13.7. The van der Waals surface area contributed by atoms with E-state index in [9.17, 15) is 4.79 Å². The smallest absolute Gasteiger partial charge is 0.250 e. The van der Waals surface area contributed by atoms with Gasteiger partial charge >= 0.3 is 0 Å². The van der Waals surface area contributed by atoms with Gasteiger partial charge in [-0.05, 0) is 34.9 Å². The van der Waals surface area contributed by atoms with E-state index in [2.05, 4.69) is 32.9 Å². The molecule has 36 heavy (non-hydrogen) atoms. The number of rotatable bonds is 12. The molecule has 0 bridgehead atoms. The summed E-state index contributed by atoms with van der Waals surface area (Å²) in [5.41, 5.74) is 5.62. The van der Waals surface area contributed by atoms with Crippen molar-refractivity contribution in [2.45, 2.75) is 21.0 Å². The van der Waals surface area contributed by atoms with Gasteiger partial charge in [0.2, 0.25) is 0 Å². The monoisotopic (exact) mass is 536 g/mol. The van der Waals surface area contributed by atoms with Crippen LogP contribution in [0, 0.1) is 0 Å². The molecule has 0 aliphatic carbocycles. The van der Waals surface area contributed by atoms with Crippen LogP contribution in [0.4, 0.5) is 0 Å². The third kappa shape index (κ3) is 8.11. The number of hydrogen-bond donors (Lipinski definition) is 1. The van der Waals surface area contributed by atoms with Crippen LogP contribution in [0.1, 0.15) is 16.7 Å². The fourth-order valence-corrected chi connectivity index (χ4v) is 5.76. The van der Waals surface area contributed by atoms with Crippen molar-refractivity contribution in [3.8, 4) is 11.5 Å². The highest BCUT2D eigenvalue weighted by molar-refractivity contribution is 8.03. The fourth-order valence-electron chi connectivity index (χ4n) is 2.99. The summed E-state index contributed by atoms with van der Waals surface area (Å²) in [5.74, 6) is 2.04. The van der Waals surface area contributed by atoms with Gasteiger partial charge in [-0.3, -0.25) is 4.79 Å². The topological polar surface area (TPSA) is 85.7 Å². The summed E-state index contributed by atoms with van der Waals surface area (Å²) in [4.78, 5) is 12.2. The van der Waals surface area contributed by atoms with Gasteiger partial charge in [0.1, 0.15) is 6.61 Å². The first kappa shape index (κ1) is 25.7. The van der Waals surface area contributed by atoms with Crippen molar-refractivity contribution in [2.24, 2.45) is 5.10 Å². The maximum atomic E-state index is 12.2. The molecule has 4 aromatic rings. The van der Waals surface area contributed by atoms with E-state index in [1.54, 1.807) is 31.2 Å². The van der Waals surface area contributed by atoms with Gasteiger partial charge in [0, 0.05) is 5.75 Å². The molecule has 0 aliphatic heterocycles. The van der Waals surface area contributed by atoms with Crippen LogP contribution < -0.4 is 14.9 Å². The second-order valence-corrected chi connectivity index (χ2v) is 10.8. The lowest BCUT2D eigenvalue weighted by atomic mass is 10.2. The number of carbonyl (C=O) groups is 1. The van der Waals surface area contributed by atoms with Gasteiger partial charge < -0.3 is 9.47 Å². The van der Waals surface area contributed by atoms with Crippen LogP contribution in [0.25, 0.3) is 0 Å². The standard InChI is InChI=1S/C26H24N4O3S3/c1-32-23-14-21(12-13-22(23)33-16-19-8-4-2-5-9-19)15-27-28-24(31)18-35-26-30-29-25(36-26)34-17-20-10-6-3-7-11-20/h2-15H,16-18H2,1H3,(H,28,31)/b27-15+. The van der Waals surface area contributed by atoms with E-state index in [1.165, 1.54) is 28.7 Å². The molecule has 0 atom stereocenters. The van der Waals surface area contributed by atoms with Gasteiger partial charge in [-0.25, -0.2) is 5.43 Å². The van der Waals surface area contributed by atoms with Crippen molar-refractivity contribution >= 4 is 47.0 Å². The molecule has 1 N–H and O–H groups in total. The molecule has 184 valence electrons. The normalized spacial score (nSPS) is 10.9. The average molecular weight is 537 g/mol. The summed E-state index contributed by atoms with van der Waals surface area (Å²) >= 11 is 4.45. The maximum absolute atomic E-state index is 12.2. The van der Waals surface area contributed by atoms with E-state index in [0.29, 0.717) is 18.1 Å². The molecular formula is C26H24N4O3S3. The molecule has 10 heteroatoms. The number of methoxy groups -OCH3 is 1. The van der Waals surface area contributed by atoms with Crippen LogP contribution in [-0.4, -0.2) is 35.2 Å². The van der Waals surface area contributed by atoms with Crippen molar-refractivity contribution in [1.29, 1.82) is 0 Å². The summed E-state index contributed by atoms with van der Waals surface area (Å²) in [6.07, 6.45) is 1.56. The summed E-state index contributed by atoms with van der Waals surface area (Å²) in [6.45, 7) is 0.445. The van der Waals surface area contributed by atoms with Crippen LogP contribution in [0.15, 0.2) is 92.6 Å². The minimum atomic E-state index is -0.222. The number of amides is 1. The molecule has 0 saturated carbocycles. The molecule has 0 fully saturated rings. The van der Waals surface area contributed by atoms with Crippen molar-refractivity contribution < 1.29 is 14.3 Å². The minimum Gasteiger partial charge on any atom is -0.493 e. The molecule has 1 amide bonds. The molecule has 0 spiro atoms. The van der Waals surface area contributed by atoms with Gasteiger partial charge in [-0.15, -0.1) is 10.2 Å². The number of ether oxygens (including phenoxy) is 2. The minimum absolute atomic E-state index is 0.199. The van der Waals surface area contributed by atoms with E-state index in [0.717, 1.165) is 25.6 Å². The first-order chi connectivity index (χ1) is 17.7. The highest BCUT2D eigenvalue weighted by Crippen LogP contribution is 2.31. The molecule has 7 nitrogen and oxygen atoms in total. The zero-order valence-corrected chi connectivity index (χ0v) is 21.9. The van der Waals surface area contributed by atoms with Crippen molar-refractivity contribution in [2.75, 3.05) is 12.9 Å². The first-order valence-electron chi connectivity index (χ1n) is 11.0. The van der Waals surface area contributed by atoms with Crippen molar-refractivity contribution in [3.63, 3.8) is 0 Å². The van der Waals surface area contributed by atoms with E-state index >= 15 is 0 Å². The molecule has 1 aromatic heterocycles. The number of nitrogens with zero attached hydrogens (tertiary/aromatic N) is 3. The van der Waals surface area contributed by atoms with Crippen LogP contribution in [0.3, 0.4) is 0 Å². The van der Waals surface area contributed by atoms with Crippen LogP contribution in [0.5, 0.6) is 11.5 Å². The van der Waals surface area contributed by atoms with Gasteiger partial charge in [0.05, 0.1) is 19.1 Å². The lowest BCUT2D eigenvalue weighted by Gasteiger charge is -2.11. The first-order valence-corrected chi connectivity index (χ1v) is 13.8. The SMILES string of the molecule is COc1cc(/C=N/NC(=O)CSc2nnc(SCc3ccccc3)s2)ccc1OCc1ccccc1. The Balaban J connectivity index is 1.21. The third-order valence-electron chi connectivity index (χ3n) is 4.75. The Morgan fingerprint density at radius 3 is 2.36 bits per heavy atom. The second-order valence-electron chi connectivity index (χ2n) is 7.37. The summed E-state index contributed by atoms with van der Waals surface area (Å²) in [5, 5.41) is 12.4.